The lowest BCUT2D eigenvalue weighted by molar-refractivity contribution is 0.661. The molecule has 0 atom stereocenters. The van der Waals surface area contributed by atoms with Gasteiger partial charge in [-0.05, 0) is 92.6 Å². The minimum absolute atomic E-state index is 0.0552. The highest BCUT2D eigenvalue weighted by atomic mass is 32.1. The molecule has 4 heteroatoms. The van der Waals surface area contributed by atoms with E-state index in [4.69, 9.17) is 0 Å². The van der Waals surface area contributed by atoms with Crippen LogP contribution in [0.25, 0.3) is 21.2 Å². The molecule has 1 aliphatic carbocycles. The maximum absolute atomic E-state index is 2.53. The summed E-state index contributed by atoms with van der Waals surface area (Å²) in [5.41, 5.74) is 15.9. The van der Waals surface area contributed by atoms with Crippen LogP contribution in [0.5, 0.6) is 0 Å². The molecule has 3 heterocycles. The van der Waals surface area contributed by atoms with Crippen molar-refractivity contribution in [2.24, 2.45) is 0 Å². The van der Waals surface area contributed by atoms with Gasteiger partial charge >= 0.3 is 0 Å². The number of hydrogen-bond acceptors (Lipinski definition) is 3. The average Bonchev–Trinajstić information content (AvgIpc) is 3.58. The van der Waals surface area contributed by atoms with Gasteiger partial charge in [0.1, 0.15) is 0 Å². The Labute approximate surface area is 267 Å². The Kier molecular flexibility index (Phi) is 5.06. The maximum atomic E-state index is 2.53. The molecule has 2 nitrogen and oxygen atoms in total. The average molecular weight is 593 g/mol. The summed E-state index contributed by atoms with van der Waals surface area (Å²) in [5, 5.41) is 2.74. The summed E-state index contributed by atoms with van der Waals surface area (Å²) in [6.45, 7) is 4.89. The van der Waals surface area contributed by atoms with Gasteiger partial charge in [0.2, 0.25) is 0 Å². The Morgan fingerprint density at radius 1 is 0.533 bits per heavy atom. The molecule has 212 valence electrons. The first-order valence-electron chi connectivity index (χ1n) is 15.7. The summed E-state index contributed by atoms with van der Waals surface area (Å²) >= 11 is 1.94. The third-order valence-electron chi connectivity index (χ3n) is 10.3. The first-order valence-corrected chi connectivity index (χ1v) is 16.6. The van der Waals surface area contributed by atoms with Crippen LogP contribution in [-0.4, -0.2) is 6.71 Å². The Balaban J connectivity index is 1.37. The molecule has 0 amide bonds. The molecule has 1 aromatic heterocycles. The van der Waals surface area contributed by atoms with Gasteiger partial charge in [-0.1, -0.05) is 105 Å². The molecule has 0 saturated carbocycles. The van der Waals surface area contributed by atoms with Crippen LogP contribution in [0.2, 0.25) is 0 Å². The highest BCUT2D eigenvalue weighted by molar-refractivity contribution is 7.26. The molecule has 0 bridgehead atoms. The lowest BCUT2D eigenvalue weighted by atomic mass is 9.33. The summed E-state index contributed by atoms with van der Waals surface area (Å²) in [6.07, 6.45) is 0. The van der Waals surface area contributed by atoms with E-state index < -0.39 is 0 Å². The topological polar surface area (TPSA) is 6.48 Å². The SMILES string of the molecule is CC1(C)c2ccccc2-c2c1ccc1sc3c(c21)B1c2ccccc2N(c2ccccc2)c2cccc(c21)N3c1ccccc1. The van der Waals surface area contributed by atoms with Crippen LogP contribution in [0.15, 0.2) is 140 Å². The predicted octanol–water partition coefficient (Wildman–Crippen LogP) is 9.29. The number of para-hydroxylation sites is 3. The second-order valence-electron chi connectivity index (χ2n) is 12.9. The van der Waals surface area contributed by atoms with Gasteiger partial charge in [-0.2, -0.15) is 0 Å². The van der Waals surface area contributed by atoms with Gasteiger partial charge < -0.3 is 9.80 Å². The van der Waals surface area contributed by atoms with Crippen LogP contribution in [0.4, 0.5) is 33.4 Å². The van der Waals surface area contributed by atoms with Crippen molar-refractivity contribution in [1.29, 1.82) is 0 Å². The first kappa shape index (κ1) is 25.3. The summed E-state index contributed by atoms with van der Waals surface area (Å²) in [4.78, 5) is 5.00. The summed E-state index contributed by atoms with van der Waals surface area (Å²) in [5.74, 6) is 0. The lowest BCUT2D eigenvalue weighted by Crippen LogP contribution is -2.61. The molecule has 10 rings (SSSR count). The van der Waals surface area contributed by atoms with Gasteiger partial charge in [-0.25, -0.2) is 0 Å². The minimum atomic E-state index is -0.0552. The number of rotatable bonds is 2. The summed E-state index contributed by atoms with van der Waals surface area (Å²) in [6, 6.07) is 51.6. The van der Waals surface area contributed by atoms with E-state index in [9.17, 15) is 0 Å². The Bertz CT molecular complexity index is 2320. The van der Waals surface area contributed by atoms with Crippen LogP contribution < -0.4 is 26.2 Å². The molecule has 0 fully saturated rings. The third kappa shape index (κ3) is 3.25. The molecule has 0 saturated heterocycles. The van der Waals surface area contributed by atoms with Crippen molar-refractivity contribution in [2.45, 2.75) is 19.3 Å². The fraction of sp³-hybridized carbons (Fsp3) is 0.0732. The molecule has 6 aromatic carbocycles. The minimum Gasteiger partial charge on any atom is -0.311 e. The first-order chi connectivity index (χ1) is 22.1. The van der Waals surface area contributed by atoms with Crippen molar-refractivity contribution in [3.8, 4) is 11.1 Å². The van der Waals surface area contributed by atoms with E-state index >= 15 is 0 Å². The van der Waals surface area contributed by atoms with Crippen molar-refractivity contribution in [1.82, 2.24) is 0 Å². The van der Waals surface area contributed by atoms with Crippen molar-refractivity contribution in [3.05, 3.63) is 151 Å². The van der Waals surface area contributed by atoms with Gasteiger partial charge in [0, 0.05) is 38.6 Å². The largest absolute Gasteiger partial charge is 0.311 e. The number of thiophene rings is 1. The molecule has 0 radical (unpaired) electrons. The molecular weight excluding hydrogens is 563 g/mol. The van der Waals surface area contributed by atoms with E-state index in [0.717, 1.165) is 0 Å². The molecule has 2 aliphatic heterocycles. The molecule has 7 aromatic rings. The fourth-order valence-electron chi connectivity index (χ4n) is 8.37. The van der Waals surface area contributed by atoms with Crippen LogP contribution in [0.1, 0.15) is 25.0 Å². The molecule has 0 N–H and O–H groups in total. The van der Waals surface area contributed by atoms with E-state index in [1.165, 1.54) is 82.2 Å². The molecule has 0 unspecified atom stereocenters. The third-order valence-corrected chi connectivity index (χ3v) is 11.4. The zero-order chi connectivity index (χ0) is 29.9. The monoisotopic (exact) mass is 592 g/mol. The van der Waals surface area contributed by atoms with Crippen molar-refractivity contribution < 1.29 is 0 Å². The van der Waals surface area contributed by atoms with E-state index in [0.29, 0.717) is 0 Å². The zero-order valence-electron chi connectivity index (χ0n) is 25.2. The molecule has 0 spiro atoms. The lowest BCUT2D eigenvalue weighted by Gasteiger charge is -2.43. The van der Waals surface area contributed by atoms with E-state index in [1.54, 1.807) is 0 Å². The molecule has 3 aliphatic rings. The Morgan fingerprint density at radius 2 is 1.16 bits per heavy atom. The maximum Gasteiger partial charge on any atom is 0.254 e. The van der Waals surface area contributed by atoms with E-state index in [1.807, 2.05) is 11.3 Å². The van der Waals surface area contributed by atoms with Gasteiger partial charge in [-0.3, -0.25) is 0 Å². The van der Waals surface area contributed by atoms with Gasteiger partial charge in [0.05, 0.1) is 5.00 Å². The number of hydrogen-bond donors (Lipinski definition) is 0. The fourth-order valence-corrected chi connectivity index (χ4v) is 9.66. The summed E-state index contributed by atoms with van der Waals surface area (Å²) in [7, 11) is 0. The Morgan fingerprint density at radius 3 is 1.93 bits per heavy atom. The Hall–Kier alpha value is -5.06. The quantitative estimate of drug-likeness (QED) is 0.185. The van der Waals surface area contributed by atoms with Gasteiger partial charge in [0.15, 0.2) is 0 Å². The standard InChI is InChI=1S/C41H29BN2S/c1-41(2)29-19-10-9-18-28(29)36-30(41)24-25-35-37(36)39-40(45-35)44(27-16-7-4-8-17-27)34-23-13-22-33-38(34)42(39)31-20-11-12-21-32(31)43(33)26-14-5-3-6-15-26/h3-25H,1-2H3. The second-order valence-corrected chi connectivity index (χ2v) is 13.9. The van der Waals surface area contributed by atoms with Gasteiger partial charge in [0.25, 0.3) is 6.71 Å². The molecule has 45 heavy (non-hydrogen) atoms. The van der Waals surface area contributed by atoms with Crippen molar-refractivity contribution >= 4 is 78.0 Å². The summed E-state index contributed by atoms with van der Waals surface area (Å²) < 4.78 is 1.35. The van der Waals surface area contributed by atoms with E-state index in [2.05, 4.69) is 163 Å². The highest BCUT2D eigenvalue weighted by Crippen LogP contribution is 2.54. The predicted molar refractivity (Wildman–Crippen MR) is 193 cm³/mol. The van der Waals surface area contributed by atoms with Crippen LogP contribution in [-0.2, 0) is 5.41 Å². The molecular formula is C41H29BN2S. The van der Waals surface area contributed by atoms with Crippen molar-refractivity contribution in [3.63, 3.8) is 0 Å². The second kappa shape index (κ2) is 9.00. The van der Waals surface area contributed by atoms with E-state index in [-0.39, 0.29) is 12.1 Å². The number of anilines is 6. The van der Waals surface area contributed by atoms with Crippen LogP contribution in [0, 0.1) is 0 Å². The zero-order valence-corrected chi connectivity index (χ0v) is 26.0. The normalized spacial score (nSPS) is 14.9. The smallest absolute Gasteiger partial charge is 0.254 e. The van der Waals surface area contributed by atoms with Crippen molar-refractivity contribution in [2.75, 3.05) is 9.80 Å². The number of fused-ring (bicyclic) bond motifs is 10. The van der Waals surface area contributed by atoms with Crippen LogP contribution >= 0.6 is 11.3 Å². The highest BCUT2D eigenvalue weighted by Gasteiger charge is 2.46. The number of benzene rings is 6. The number of nitrogens with zero attached hydrogens (tertiary/aromatic N) is 2. The van der Waals surface area contributed by atoms with Gasteiger partial charge in [-0.15, -0.1) is 11.3 Å². The van der Waals surface area contributed by atoms with Crippen LogP contribution in [0.3, 0.4) is 0 Å².